The molecule has 0 N–H and O–H groups in total. The van der Waals surface area contributed by atoms with E-state index in [9.17, 15) is 0 Å². The lowest BCUT2D eigenvalue weighted by Crippen LogP contribution is -2.35. The van der Waals surface area contributed by atoms with E-state index in [0.29, 0.717) is 11.9 Å². The largest absolute Gasteiger partial charge is 0.324 e. The maximum absolute atomic E-state index is 6.14. The zero-order chi connectivity index (χ0) is 14.8. The standard InChI is InChI=1S/C16H21BrClN3/c1-2-7-20-8-5-13(6-9-20)21-15-4-3-12(17)10-14(15)19-16(21)11-18/h3-4,10,13H,2,5-9,11H2,1H3. The number of alkyl halides is 1. The summed E-state index contributed by atoms with van der Waals surface area (Å²) in [6, 6.07) is 6.85. The molecule has 0 atom stereocenters. The summed E-state index contributed by atoms with van der Waals surface area (Å²) in [5.74, 6) is 1.47. The summed E-state index contributed by atoms with van der Waals surface area (Å²) in [7, 11) is 0. The summed E-state index contributed by atoms with van der Waals surface area (Å²) in [6.45, 7) is 5.82. The highest BCUT2D eigenvalue weighted by molar-refractivity contribution is 9.10. The molecular formula is C16H21BrClN3. The Hall–Kier alpha value is -0.580. The van der Waals surface area contributed by atoms with E-state index >= 15 is 0 Å². The van der Waals surface area contributed by atoms with Crippen LogP contribution in [0.25, 0.3) is 11.0 Å². The van der Waals surface area contributed by atoms with Crippen LogP contribution >= 0.6 is 27.5 Å². The first-order valence-electron chi connectivity index (χ1n) is 7.67. The number of aromatic nitrogens is 2. The minimum atomic E-state index is 0.474. The quantitative estimate of drug-likeness (QED) is 0.734. The fourth-order valence-electron chi connectivity index (χ4n) is 3.34. The third kappa shape index (κ3) is 3.13. The molecule has 3 nitrogen and oxygen atoms in total. The van der Waals surface area contributed by atoms with Gasteiger partial charge in [-0.1, -0.05) is 22.9 Å². The van der Waals surface area contributed by atoms with Crippen LogP contribution in [0.5, 0.6) is 0 Å². The van der Waals surface area contributed by atoms with Gasteiger partial charge in [-0.15, -0.1) is 11.6 Å². The predicted octanol–water partition coefficient (Wildman–Crippen LogP) is 4.58. The number of rotatable bonds is 4. The number of piperidine rings is 1. The van der Waals surface area contributed by atoms with Crippen LogP contribution in [0.15, 0.2) is 22.7 Å². The lowest BCUT2D eigenvalue weighted by atomic mass is 10.0. The minimum Gasteiger partial charge on any atom is -0.324 e. The monoisotopic (exact) mass is 369 g/mol. The van der Waals surface area contributed by atoms with Gasteiger partial charge in [0.15, 0.2) is 0 Å². The normalized spacial score (nSPS) is 17.7. The van der Waals surface area contributed by atoms with Crippen LogP contribution in [0.3, 0.4) is 0 Å². The summed E-state index contributed by atoms with van der Waals surface area (Å²) < 4.78 is 3.44. The minimum absolute atomic E-state index is 0.474. The van der Waals surface area contributed by atoms with E-state index in [1.807, 2.05) is 0 Å². The Labute approximate surface area is 139 Å². The molecule has 1 aromatic carbocycles. The Morgan fingerprint density at radius 2 is 2.10 bits per heavy atom. The molecule has 2 heterocycles. The van der Waals surface area contributed by atoms with Gasteiger partial charge in [-0.2, -0.15) is 0 Å². The summed E-state index contributed by atoms with van der Waals surface area (Å²) in [5.41, 5.74) is 2.25. The molecule has 114 valence electrons. The second-order valence-electron chi connectivity index (χ2n) is 5.74. The smallest absolute Gasteiger partial charge is 0.125 e. The van der Waals surface area contributed by atoms with E-state index in [4.69, 9.17) is 16.6 Å². The predicted molar refractivity (Wildman–Crippen MR) is 92.0 cm³/mol. The van der Waals surface area contributed by atoms with Crippen molar-refractivity contribution in [3.05, 3.63) is 28.5 Å². The number of nitrogens with zero attached hydrogens (tertiary/aromatic N) is 3. The summed E-state index contributed by atoms with van der Waals surface area (Å²) in [6.07, 6.45) is 3.61. The lowest BCUT2D eigenvalue weighted by molar-refractivity contribution is 0.187. The molecule has 0 aliphatic carbocycles. The summed E-state index contributed by atoms with van der Waals surface area (Å²) in [5, 5.41) is 0. The van der Waals surface area contributed by atoms with Crippen LogP contribution in [0.2, 0.25) is 0 Å². The molecule has 0 saturated carbocycles. The molecule has 1 fully saturated rings. The Morgan fingerprint density at radius 1 is 1.33 bits per heavy atom. The first kappa shape index (κ1) is 15.3. The zero-order valence-corrected chi connectivity index (χ0v) is 14.7. The molecule has 0 radical (unpaired) electrons. The lowest BCUT2D eigenvalue weighted by Gasteiger charge is -2.33. The van der Waals surface area contributed by atoms with Crippen LogP contribution < -0.4 is 0 Å². The molecular weight excluding hydrogens is 350 g/mol. The topological polar surface area (TPSA) is 21.1 Å². The van der Waals surface area contributed by atoms with Gasteiger partial charge in [0.05, 0.1) is 16.9 Å². The zero-order valence-electron chi connectivity index (χ0n) is 12.4. The number of likely N-dealkylation sites (tertiary alicyclic amines) is 1. The molecule has 5 heteroatoms. The SMILES string of the molecule is CCCN1CCC(n2c(CCl)nc3cc(Br)ccc32)CC1. The van der Waals surface area contributed by atoms with Crippen molar-refractivity contribution in [1.82, 2.24) is 14.5 Å². The van der Waals surface area contributed by atoms with Gasteiger partial charge in [-0.3, -0.25) is 0 Å². The van der Waals surface area contributed by atoms with Gasteiger partial charge in [-0.25, -0.2) is 4.98 Å². The van der Waals surface area contributed by atoms with Gasteiger partial charge in [0, 0.05) is 23.6 Å². The van der Waals surface area contributed by atoms with Gasteiger partial charge >= 0.3 is 0 Å². The maximum atomic E-state index is 6.14. The van der Waals surface area contributed by atoms with E-state index in [-0.39, 0.29) is 0 Å². The first-order valence-corrected chi connectivity index (χ1v) is 9.00. The average Bonchev–Trinajstić information content (AvgIpc) is 2.86. The van der Waals surface area contributed by atoms with Crippen LogP contribution in [0.4, 0.5) is 0 Å². The third-order valence-corrected chi connectivity index (χ3v) is 5.04. The molecule has 1 aliphatic rings. The number of halogens is 2. The van der Waals surface area contributed by atoms with Crippen LogP contribution in [-0.2, 0) is 5.88 Å². The van der Waals surface area contributed by atoms with Crippen molar-refractivity contribution in [2.75, 3.05) is 19.6 Å². The van der Waals surface area contributed by atoms with Crippen molar-refractivity contribution >= 4 is 38.6 Å². The Bertz CT molecular complexity index is 617. The number of fused-ring (bicyclic) bond motifs is 1. The van der Waals surface area contributed by atoms with Crippen molar-refractivity contribution in [1.29, 1.82) is 0 Å². The molecule has 0 unspecified atom stereocenters. The van der Waals surface area contributed by atoms with E-state index in [1.165, 1.54) is 44.4 Å². The van der Waals surface area contributed by atoms with Gasteiger partial charge in [0.2, 0.25) is 0 Å². The average molecular weight is 371 g/mol. The number of benzene rings is 1. The van der Waals surface area contributed by atoms with Crippen LogP contribution in [0.1, 0.15) is 38.1 Å². The van der Waals surface area contributed by atoms with Crippen molar-refractivity contribution in [2.24, 2.45) is 0 Å². The third-order valence-electron chi connectivity index (χ3n) is 4.31. The second-order valence-corrected chi connectivity index (χ2v) is 6.92. The molecule has 21 heavy (non-hydrogen) atoms. The Kier molecular flexibility index (Phi) is 4.87. The highest BCUT2D eigenvalue weighted by Crippen LogP contribution is 2.30. The molecule has 1 saturated heterocycles. The molecule has 0 bridgehead atoms. The molecule has 2 aromatic rings. The van der Waals surface area contributed by atoms with Crippen molar-refractivity contribution < 1.29 is 0 Å². The molecule has 1 aliphatic heterocycles. The number of imidazole rings is 1. The molecule has 0 amide bonds. The highest BCUT2D eigenvalue weighted by Gasteiger charge is 2.23. The molecule has 3 rings (SSSR count). The van der Waals surface area contributed by atoms with Gasteiger partial charge in [0.25, 0.3) is 0 Å². The van der Waals surface area contributed by atoms with E-state index < -0.39 is 0 Å². The highest BCUT2D eigenvalue weighted by atomic mass is 79.9. The fourth-order valence-corrected chi connectivity index (χ4v) is 3.88. The van der Waals surface area contributed by atoms with Gasteiger partial charge in [-0.05, 0) is 44.0 Å². The molecule has 1 aromatic heterocycles. The Balaban J connectivity index is 1.89. The number of hydrogen-bond donors (Lipinski definition) is 0. The van der Waals surface area contributed by atoms with Crippen LogP contribution in [0, 0.1) is 0 Å². The van der Waals surface area contributed by atoms with Crippen LogP contribution in [-0.4, -0.2) is 34.1 Å². The Morgan fingerprint density at radius 3 is 2.76 bits per heavy atom. The van der Waals surface area contributed by atoms with Gasteiger partial charge in [0.1, 0.15) is 5.82 Å². The van der Waals surface area contributed by atoms with Crippen molar-refractivity contribution in [2.45, 2.75) is 38.1 Å². The van der Waals surface area contributed by atoms with E-state index in [1.54, 1.807) is 0 Å². The maximum Gasteiger partial charge on any atom is 0.125 e. The van der Waals surface area contributed by atoms with Gasteiger partial charge < -0.3 is 9.47 Å². The van der Waals surface area contributed by atoms with Crippen molar-refractivity contribution in [3.63, 3.8) is 0 Å². The molecule has 0 spiro atoms. The first-order chi connectivity index (χ1) is 10.2. The van der Waals surface area contributed by atoms with Crippen molar-refractivity contribution in [3.8, 4) is 0 Å². The summed E-state index contributed by atoms with van der Waals surface area (Å²) >= 11 is 9.66. The number of hydrogen-bond acceptors (Lipinski definition) is 2. The van der Waals surface area contributed by atoms with E-state index in [2.05, 4.69) is 50.5 Å². The fraction of sp³-hybridized carbons (Fsp3) is 0.562. The van der Waals surface area contributed by atoms with E-state index in [0.717, 1.165) is 15.8 Å². The summed E-state index contributed by atoms with van der Waals surface area (Å²) in [4.78, 5) is 7.27. The second kappa shape index (κ2) is 6.67.